The maximum absolute atomic E-state index is 6.97. The average molecular weight is 717 g/mol. The maximum atomic E-state index is 6.97. The lowest BCUT2D eigenvalue weighted by Crippen LogP contribution is -2.34. The van der Waals surface area contributed by atoms with E-state index in [1.165, 1.54) is 40.1 Å². The first kappa shape index (κ1) is 42.9. The molecule has 6 aromatic rings. The first-order valence-electron chi connectivity index (χ1n) is 18.9. The van der Waals surface area contributed by atoms with Gasteiger partial charge in [0, 0.05) is 17.4 Å². The van der Waals surface area contributed by atoms with E-state index in [1.807, 2.05) is 44.2 Å². The Morgan fingerprint density at radius 2 is 1.33 bits per heavy atom. The lowest BCUT2D eigenvalue weighted by molar-refractivity contribution is 0.561. The molecule has 0 amide bonds. The Labute approximate surface area is 325 Å². The van der Waals surface area contributed by atoms with E-state index in [9.17, 15) is 0 Å². The van der Waals surface area contributed by atoms with Crippen molar-refractivity contribution >= 4 is 33.9 Å². The molecule has 0 radical (unpaired) electrons. The van der Waals surface area contributed by atoms with Crippen molar-refractivity contribution in [2.45, 2.75) is 66.8 Å². The third-order valence-corrected chi connectivity index (χ3v) is 9.61. The summed E-state index contributed by atoms with van der Waals surface area (Å²) in [6.45, 7) is 26.6. The van der Waals surface area contributed by atoms with Crippen molar-refractivity contribution in [3.8, 4) is 0 Å². The minimum atomic E-state index is -0.658. The molecule has 0 aliphatic carbocycles. The lowest BCUT2D eigenvalue weighted by Gasteiger charge is -2.26. The van der Waals surface area contributed by atoms with Crippen molar-refractivity contribution in [1.29, 1.82) is 0 Å². The smallest absolute Gasteiger partial charge is 0.134 e. The number of nitrogens with two attached hydrogens (primary N) is 2. The minimum Gasteiger partial charge on any atom is -0.460 e. The topological polar surface area (TPSA) is 65.2 Å². The summed E-state index contributed by atoms with van der Waals surface area (Å²) < 4.78 is 6.65. The predicted octanol–water partition coefficient (Wildman–Crippen LogP) is 13.3. The van der Waals surface area contributed by atoms with Gasteiger partial charge in [-0.05, 0) is 120 Å². The third kappa shape index (κ3) is 10.3. The van der Waals surface area contributed by atoms with Gasteiger partial charge in [0.1, 0.15) is 11.3 Å². The first-order valence-corrected chi connectivity index (χ1v) is 18.9. The molecule has 1 aromatic heterocycles. The number of rotatable bonds is 10. The SMILES string of the molecule is C=CC(=C)/C=C(C)/C(C)=C/c1c(Cc2cc(C)c(C=C)c3ccccc23)oc2ccc(C(C)(N)c3ccccc3)cc12.CC.CCc1ccccc1.CN. The third-order valence-electron chi connectivity index (χ3n) is 9.61. The van der Waals surface area contributed by atoms with Crippen LogP contribution >= 0.6 is 0 Å². The summed E-state index contributed by atoms with van der Waals surface area (Å²) in [5.74, 6) is 0.922. The van der Waals surface area contributed by atoms with Crippen molar-refractivity contribution in [3.05, 3.63) is 203 Å². The Morgan fingerprint density at radius 1 is 0.741 bits per heavy atom. The van der Waals surface area contributed by atoms with Gasteiger partial charge in [-0.3, -0.25) is 0 Å². The summed E-state index contributed by atoms with van der Waals surface area (Å²) in [5.41, 5.74) is 23.0. The summed E-state index contributed by atoms with van der Waals surface area (Å²) in [4.78, 5) is 0. The average Bonchev–Trinajstić information content (AvgIpc) is 3.55. The van der Waals surface area contributed by atoms with Gasteiger partial charge in [0.15, 0.2) is 0 Å². The van der Waals surface area contributed by atoms with Crippen LogP contribution in [0.15, 0.2) is 162 Å². The van der Waals surface area contributed by atoms with Crippen LogP contribution in [-0.4, -0.2) is 7.05 Å². The summed E-state index contributed by atoms with van der Waals surface area (Å²) in [6.07, 6.45) is 9.81. The molecule has 3 nitrogen and oxygen atoms in total. The van der Waals surface area contributed by atoms with E-state index in [4.69, 9.17) is 10.2 Å². The summed E-state index contributed by atoms with van der Waals surface area (Å²) in [6, 6.07) is 37.8. The molecule has 1 heterocycles. The van der Waals surface area contributed by atoms with E-state index in [1.54, 1.807) is 6.08 Å². The van der Waals surface area contributed by atoms with Crippen LogP contribution in [0.25, 0.3) is 33.9 Å². The highest BCUT2D eigenvalue weighted by molar-refractivity contribution is 5.95. The first-order chi connectivity index (χ1) is 26.1. The Hall–Kier alpha value is -5.48. The van der Waals surface area contributed by atoms with Crippen molar-refractivity contribution in [1.82, 2.24) is 0 Å². The normalized spacial score (nSPS) is 12.3. The van der Waals surface area contributed by atoms with Gasteiger partial charge in [0.25, 0.3) is 0 Å². The second kappa shape index (κ2) is 20.7. The molecule has 6 rings (SSSR count). The van der Waals surface area contributed by atoms with E-state index >= 15 is 0 Å². The highest BCUT2D eigenvalue weighted by atomic mass is 16.3. The number of fused-ring (bicyclic) bond motifs is 2. The molecular formula is C51H60N2O. The fourth-order valence-corrected chi connectivity index (χ4v) is 6.44. The Bertz CT molecular complexity index is 2210. The van der Waals surface area contributed by atoms with Crippen LogP contribution in [0.1, 0.15) is 86.2 Å². The number of furan rings is 1. The van der Waals surface area contributed by atoms with Crippen LogP contribution < -0.4 is 11.5 Å². The minimum absolute atomic E-state index is 0.655. The number of hydrogen-bond acceptors (Lipinski definition) is 3. The van der Waals surface area contributed by atoms with Crippen LogP contribution in [0.4, 0.5) is 0 Å². The maximum Gasteiger partial charge on any atom is 0.134 e. The van der Waals surface area contributed by atoms with Crippen LogP contribution in [0.2, 0.25) is 0 Å². The van der Waals surface area contributed by atoms with E-state index in [-0.39, 0.29) is 0 Å². The number of allylic oxidation sites excluding steroid dienone is 5. The van der Waals surface area contributed by atoms with Gasteiger partial charge in [0.2, 0.25) is 0 Å². The van der Waals surface area contributed by atoms with E-state index in [0.29, 0.717) is 6.42 Å². The van der Waals surface area contributed by atoms with Gasteiger partial charge in [-0.1, -0.05) is 156 Å². The van der Waals surface area contributed by atoms with E-state index in [2.05, 4.69) is 157 Å². The fraction of sp³-hybridized carbons (Fsp3) is 0.216. The Kier molecular flexibility index (Phi) is 16.4. The van der Waals surface area contributed by atoms with Gasteiger partial charge >= 0.3 is 0 Å². The molecule has 1 atom stereocenters. The monoisotopic (exact) mass is 716 g/mol. The zero-order valence-corrected chi connectivity index (χ0v) is 33.8. The fourth-order valence-electron chi connectivity index (χ4n) is 6.44. The molecular weight excluding hydrogens is 657 g/mol. The molecule has 54 heavy (non-hydrogen) atoms. The molecule has 0 saturated heterocycles. The van der Waals surface area contributed by atoms with Crippen LogP contribution in [0, 0.1) is 6.92 Å². The lowest BCUT2D eigenvalue weighted by atomic mass is 9.85. The number of hydrogen-bond donors (Lipinski definition) is 2. The van der Waals surface area contributed by atoms with Crippen LogP contribution in [0.5, 0.6) is 0 Å². The largest absolute Gasteiger partial charge is 0.460 e. The summed E-state index contributed by atoms with van der Waals surface area (Å²) in [7, 11) is 1.50. The highest BCUT2D eigenvalue weighted by Gasteiger charge is 2.25. The Balaban J connectivity index is 0.000000566. The second-order valence-corrected chi connectivity index (χ2v) is 13.2. The Morgan fingerprint density at radius 3 is 1.91 bits per heavy atom. The molecule has 5 aromatic carbocycles. The van der Waals surface area contributed by atoms with Gasteiger partial charge < -0.3 is 15.9 Å². The van der Waals surface area contributed by atoms with Crippen molar-refractivity contribution in [3.63, 3.8) is 0 Å². The molecule has 280 valence electrons. The molecule has 4 N–H and O–H groups in total. The second-order valence-electron chi connectivity index (χ2n) is 13.2. The molecule has 0 bridgehead atoms. The van der Waals surface area contributed by atoms with E-state index in [0.717, 1.165) is 56.6 Å². The van der Waals surface area contributed by atoms with Crippen molar-refractivity contribution in [2.75, 3.05) is 7.05 Å². The molecule has 0 spiro atoms. The summed E-state index contributed by atoms with van der Waals surface area (Å²) in [5, 5.41) is 3.47. The van der Waals surface area contributed by atoms with Gasteiger partial charge in [0.05, 0.1) is 5.54 Å². The van der Waals surface area contributed by atoms with Crippen LogP contribution in [0.3, 0.4) is 0 Å². The van der Waals surface area contributed by atoms with Crippen LogP contribution in [-0.2, 0) is 18.4 Å². The number of aryl methyl sites for hydroxylation is 2. The predicted molar refractivity (Wildman–Crippen MR) is 239 cm³/mol. The molecule has 3 heteroatoms. The summed E-state index contributed by atoms with van der Waals surface area (Å²) >= 11 is 0. The zero-order chi connectivity index (χ0) is 39.8. The van der Waals surface area contributed by atoms with Gasteiger partial charge in [-0.25, -0.2) is 0 Å². The molecule has 0 fully saturated rings. The molecule has 1 unspecified atom stereocenters. The van der Waals surface area contributed by atoms with Crippen molar-refractivity contribution < 1.29 is 4.42 Å². The highest BCUT2D eigenvalue weighted by Crippen LogP contribution is 2.37. The number of benzene rings is 5. The van der Waals surface area contributed by atoms with Gasteiger partial charge in [-0.15, -0.1) is 0 Å². The van der Waals surface area contributed by atoms with Crippen molar-refractivity contribution in [2.24, 2.45) is 11.5 Å². The quantitative estimate of drug-likeness (QED) is 0.139. The molecule has 0 aliphatic rings. The molecule has 0 saturated carbocycles. The molecule has 0 aliphatic heterocycles. The van der Waals surface area contributed by atoms with Gasteiger partial charge in [-0.2, -0.15) is 0 Å². The standard InChI is InChI=1S/C40H39NO.C8H10.C2H6.CH5N/c1-8-26(3)21-27(4)28(5)23-36-37-25-32(40(7,41)31-15-11-10-12-16-31)19-20-38(37)42-39(36)24-30-22-29(6)33(9-2)35-18-14-13-17-34(30)35;1-2-8-6-4-3-5-7-8;2*1-2/h8-23,25H,1-3,24,41H2,4-7H3;3-7H,2H2,1H3;1-2H3;2H2,1H3/b27-21+,28-23+;;;. The zero-order valence-electron chi connectivity index (χ0n) is 33.8. The van der Waals surface area contributed by atoms with E-state index < -0.39 is 5.54 Å².